The lowest BCUT2D eigenvalue weighted by Crippen LogP contribution is -2.16. The first-order valence-corrected chi connectivity index (χ1v) is 4.88. The molecule has 1 heterocycles. The summed E-state index contributed by atoms with van der Waals surface area (Å²) in [5, 5.41) is 3.24. The Hall–Kier alpha value is -1.00. The molecule has 78 valence electrons. The molecule has 1 N–H and O–H groups in total. The van der Waals surface area contributed by atoms with Gasteiger partial charge >= 0.3 is 0 Å². The number of aromatic nitrogens is 2. The first-order valence-electron chi connectivity index (χ1n) is 4.88. The van der Waals surface area contributed by atoms with Gasteiger partial charge in [-0.05, 0) is 26.7 Å². The van der Waals surface area contributed by atoms with Gasteiger partial charge in [0.1, 0.15) is 5.82 Å². The Kier molecular flexibility index (Phi) is 4.49. The largest absolute Gasteiger partial charge is 0.311 e. The first-order chi connectivity index (χ1) is 6.72. The molecular weight excluding hydrogens is 176 g/mol. The fourth-order valence-corrected chi connectivity index (χ4v) is 1.15. The smallest absolute Gasteiger partial charge is 0.142 e. The Morgan fingerprint density at radius 2 is 2.21 bits per heavy atom. The number of hydrogen-bond donors (Lipinski definition) is 1. The predicted molar refractivity (Wildman–Crippen MR) is 56.8 cm³/mol. The number of nitrogens with zero attached hydrogens (tertiary/aromatic N) is 3. The summed E-state index contributed by atoms with van der Waals surface area (Å²) in [6.45, 7) is 4.66. The molecule has 0 saturated heterocycles. The van der Waals surface area contributed by atoms with Crippen molar-refractivity contribution in [2.24, 2.45) is 0 Å². The van der Waals surface area contributed by atoms with Crippen LogP contribution in [0.1, 0.15) is 18.4 Å². The molecule has 0 bridgehead atoms. The molecule has 14 heavy (non-hydrogen) atoms. The van der Waals surface area contributed by atoms with Crippen molar-refractivity contribution in [1.29, 1.82) is 0 Å². The molecule has 0 aromatic carbocycles. The van der Waals surface area contributed by atoms with Gasteiger partial charge in [0.05, 0.1) is 12.2 Å². The van der Waals surface area contributed by atoms with Crippen molar-refractivity contribution < 1.29 is 0 Å². The van der Waals surface area contributed by atoms with Crippen molar-refractivity contribution in [2.45, 2.75) is 20.0 Å². The molecule has 0 saturated carbocycles. The molecule has 0 aliphatic carbocycles. The lowest BCUT2D eigenvalue weighted by atomic mass is 10.4. The third-order valence-electron chi connectivity index (χ3n) is 1.78. The van der Waals surface area contributed by atoms with Crippen LogP contribution in [-0.2, 0) is 13.1 Å². The summed E-state index contributed by atoms with van der Waals surface area (Å²) < 4.78 is 0. The fraction of sp³-hybridized carbons (Fsp3) is 0.600. The van der Waals surface area contributed by atoms with Gasteiger partial charge in [-0.3, -0.25) is 0 Å². The summed E-state index contributed by atoms with van der Waals surface area (Å²) in [6.07, 6.45) is 1.82. The second kappa shape index (κ2) is 5.67. The molecule has 1 aromatic rings. The first kappa shape index (κ1) is 11.1. The Balaban J connectivity index is 2.59. The van der Waals surface area contributed by atoms with Gasteiger partial charge in [0.25, 0.3) is 0 Å². The van der Waals surface area contributed by atoms with Crippen molar-refractivity contribution >= 4 is 0 Å². The molecule has 0 atom stereocenters. The zero-order chi connectivity index (χ0) is 10.4. The van der Waals surface area contributed by atoms with Crippen molar-refractivity contribution in [2.75, 3.05) is 20.6 Å². The minimum absolute atomic E-state index is 0.792. The average Bonchev–Trinajstić information content (AvgIpc) is 2.14. The molecule has 4 heteroatoms. The van der Waals surface area contributed by atoms with Crippen molar-refractivity contribution in [3.63, 3.8) is 0 Å². The lowest BCUT2D eigenvalue weighted by molar-refractivity contribution is 0.389. The van der Waals surface area contributed by atoms with Crippen LogP contribution in [-0.4, -0.2) is 35.5 Å². The van der Waals surface area contributed by atoms with Gasteiger partial charge in [-0.25, -0.2) is 9.97 Å². The van der Waals surface area contributed by atoms with E-state index >= 15 is 0 Å². The van der Waals surface area contributed by atoms with Gasteiger partial charge in [0, 0.05) is 12.7 Å². The maximum absolute atomic E-state index is 4.44. The second-order valence-electron chi connectivity index (χ2n) is 3.48. The summed E-state index contributed by atoms with van der Waals surface area (Å²) in [4.78, 5) is 10.7. The van der Waals surface area contributed by atoms with Crippen LogP contribution >= 0.6 is 0 Å². The van der Waals surface area contributed by atoms with E-state index in [0.29, 0.717) is 0 Å². The van der Waals surface area contributed by atoms with E-state index in [4.69, 9.17) is 0 Å². The highest BCUT2D eigenvalue weighted by atomic mass is 15.1. The van der Waals surface area contributed by atoms with E-state index in [0.717, 1.165) is 31.2 Å². The summed E-state index contributed by atoms with van der Waals surface area (Å²) in [5.74, 6) is 0.880. The standard InChI is InChI=1S/C10H18N4/c1-4-11-7-9-5-6-12-10(13-9)8-14(2)3/h5-6,11H,4,7-8H2,1-3H3. The summed E-state index contributed by atoms with van der Waals surface area (Å²) in [5.41, 5.74) is 1.05. The highest BCUT2D eigenvalue weighted by Crippen LogP contribution is 1.97. The monoisotopic (exact) mass is 194 g/mol. The fourth-order valence-electron chi connectivity index (χ4n) is 1.15. The lowest BCUT2D eigenvalue weighted by Gasteiger charge is -2.08. The Morgan fingerprint density at radius 3 is 2.86 bits per heavy atom. The summed E-state index contributed by atoms with van der Waals surface area (Å²) in [6, 6.07) is 1.95. The number of hydrogen-bond acceptors (Lipinski definition) is 4. The summed E-state index contributed by atoms with van der Waals surface area (Å²) >= 11 is 0. The quantitative estimate of drug-likeness (QED) is 0.747. The predicted octanol–water partition coefficient (Wildman–Crippen LogP) is 0.648. The van der Waals surface area contributed by atoms with E-state index in [-0.39, 0.29) is 0 Å². The van der Waals surface area contributed by atoms with E-state index in [1.165, 1.54) is 0 Å². The van der Waals surface area contributed by atoms with Crippen LogP contribution in [0.2, 0.25) is 0 Å². The van der Waals surface area contributed by atoms with Gasteiger partial charge in [0.15, 0.2) is 0 Å². The second-order valence-corrected chi connectivity index (χ2v) is 3.48. The van der Waals surface area contributed by atoms with Gasteiger partial charge in [-0.1, -0.05) is 6.92 Å². The van der Waals surface area contributed by atoms with Gasteiger partial charge in [-0.2, -0.15) is 0 Å². The van der Waals surface area contributed by atoms with Crippen LogP contribution < -0.4 is 5.32 Å². The number of rotatable bonds is 5. The molecule has 1 rings (SSSR count). The molecule has 1 aromatic heterocycles. The van der Waals surface area contributed by atoms with Gasteiger partial charge in [-0.15, -0.1) is 0 Å². The molecule has 0 spiro atoms. The van der Waals surface area contributed by atoms with Crippen LogP contribution in [0.3, 0.4) is 0 Å². The van der Waals surface area contributed by atoms with E-state index < -0.39 is 0 Å². The van der Waals surface area contributed by atoms with E-state index in [2.05, 4.69) is 27.1 Å². The molecule has 0 unspecified atom stereocenters. The Morgan fingerprint density at radius 1 is 1.43 bits per heavy atom. The molecule has 0 fully saturated rings. The number of nitrogens with one attached hydrogen (secondary N) is 1. The maximum Gasteiger partial charge on any atom is 0.142 e. The zero-order valence-corrected chi connectivity index (χ0v) is 9.12. The van der Waals surface area contributed by atoms with Crippen LogP contribution in [0.5, 0.6) is 0 Å². The Labute approximate surface area is 85.4 Å². The molecular formula is C10H18N4. The molecule has 0 amide bonds. The molecule has 0 aliphatic rings. The SMILES string of the molecule is CCNCc1ccnc(CN(C)C)n1. The maximum atomic E-state index is 4.44. The van der Waals surface area contributed by atoms with Gasteiger partial charge < -0.3 is 10.2 Å². The van der Waals surface area contributed by atoms with Crippen LogP contribution in [0.25, 0.3) is 0 Å². The topological polar surface area (TPSA) is 41.1 Å². The Bertz CT molecular complexity index is 273. The van der Waals surface area contributed by atoms with Crippen molar-refractivity contribution in [3.05, 3.63) is 23.8 Å². The van der Waals surface area contributed by atoms with Gasteiger partial charge in [0.2, 0.25) is 0 Å². The minimum Gasteiger partial charge on any atom is -0.311 e. The van der Waals surface area contributed by atoms with Crippen LogP contribution in [0, 0.1) is 0 Å². The zero-order valence-electron chi connectivity index (χ0n) is 9.12. The normalized spacial score (nSPS) is 10.9. The van der Waals surface area contributed by atoms with Crippen LogP contribution in [0.4, 0.5) is 0 Å². The molecule has 4 nitrogen and oxygen atoms in total. The third-order valence-corrected chi connectivity index (χ3v) is 1.78. The minimum atomic E-state index is 0.792. The molecule has 0 radical (unpaired) electrons. The summed E-state index contributed by atoms with van der Waals surface area (Å²) in [7, 11) is 4.03. The highest BCUT2D eigenvalue weighted by molar-refractivity contribution is 5.02. The average molecular weight is 194 g/mol. The van der Waals surface area contributed by atoms with Crippen LogP contribution in [0.15, 0.2) is 12.3 Å². The third kappa shape index (κ3) is 3.81. The van der Waals surface area contributed by atoms with E-state index in [9.17, 15) is 0 Å². The molecule has 0 aliphatic heterocycles. The van der Waals surface area contributed by atoms with Crippen molar-refractivity contribution in [3.8, 4) is 0 Å². The van der Waals surface area contributed by atoms with E-state index in [1.54, 1.807) is 0 Å². The van der Waals surface area contributed by atoms with E-state index in [1.807, 2.05) is 26.4 Å². The van der Waals surface area contributed by atoms with Crippen molar-refractivity contribution in [1.82, 2.24) is 20.2 Å². The highest BCUT2D eigenvalue weighted by Gasteiger charge is 1.99.